The molecule has 3 aromatic rings. The molecule has 0 unspecified atom stereocenters. The first-order chi connectivity index (χ1) is 12.3. The van der Waals surface area contributed by atoms with Crippen molar-refractivity contribution >= 4 is 62.2 Å². The minimum Gasteiger partial charge on any atom is -0.319 e. The monoisotopic (exact) mass is 407 g/mol. The van der Waals surface area contributed by atoms with Gasteiger partial charge >= 0.3 is 0 Å². The number of benzene rings is 2. The fourth-order valence-electron chi connectivity index (χ4n) is 2.36. The second-order valence-electron chi connectivity index (χ2n) is 5.59. The highest BCUT2D eigenvalue weighted by Crippen LogP contribution is 2.32. The summed E-state index contributed by atoms with van der Waals surface area (Å²) in [4.78, 5) is 27.4. The van der Waals surface area contributed by atoms with Crippen LogP contribution >= 0.6 is 34.7 Å². The predicted octanol–water partition coefficient (Wildman–Crippen LogP) is 5.21. The zero-order chi connectivity index (χ0) is 18.8. The van der Waals surface area contributed by atoms with Crippen LogP contribution in [0.4, 0.5) is 11.4 Å². The van der Waals surface area contributed by atoms with Gasteiger partial charge in [-0.1, -0.05) is 29.4 Å². The normalized spacial score (nSPS) is 10.9. The smallest absolute Gasteiger partial charge is 0.293 e. The van der Waals surface area contributed by atoms with Crippen LogP contribution in [-0.2, 0) is 4.79 Å². The zero-order valence-corrected chi connectivity index (χ0v) is 16.3. The van der Waals surface area contributed by atoms with Crippen molar-refractivity contribution in [2.75, 3.05) is 11.1 Å². The number of hydrogen-bond acceptors (Lipinski definition) is 6. The summed E-state index contributed by atoms with van der Waals surface area (Å²) in [6.45, 7) is 3.60. The number of nitro groups is 1. The molecule has 0 saturated carbocycles. The molecule has 9 heteroatoms. The first kappa shape index (κ1) is 18.6. The van der Waals surface area contributed by atoms with E-state index in [2.05, 4.69) is 10.3 Å². The summed E-state index contributed by atoms with van der Waals surface area (Å²) in [5, 5.41) is 14.5. The van der Waals surface area contributed by atoms with Crippen molar-refractivity contribution in [2.45, 2.75) is 18.2 Å². The number of thioether (sulfide) groups is 1. The summed E-state index contributed by atoms with van der Waals surface area (Å²) in [7, 11) is 0. The minimum atomic E-state index is -0.494. The molecule has 134 valence electrons. The molecule has 6 nitrogen and oxygen atoms in total. The van der Waals surface area contributed by atoms with Crippen molar-refractivity contribution in [3.8, 4) is 0 Å². The molecule has 1 heterocycles. The van der Waals surface area contributed by atoms with Gasteiger partial charge in [0.15, 0.2) is 4.34 Å². The molecule has 0 aliphatic carbocycles. The SMILES string of the molecule is Cc1ccc([N+](=O)[O-])c(NC(=O)CSc2nc3cc(Cl)ccc3s2)c1C. The van der Waals surface area contributed by atoms with Gasteiger partial charge < -0.3 is 5.32 Å². The van der Waals surface area contributed by atoms with Crippen LogP contribution in [0.3, 0.4) is 0 Å². The maximum Gasteiger partial charge on any atom is 0.293 e. The quantitative estimate of drug-likeness (QED) is 0.356. The Bertz CT molecular complexity index is 1020. The van der Waals surface area contributed by atoms with Gasteiger partial charge in [-0.05, 0) is 43.2 Å². The van der Waals surface area contributed by atoms with Crippen molar-refractivity contribution in [3.63, 3.8) is 0 Å². The molecule has 1 amide bonds. The van der Waals surface area contributed by atoms with Gasteiger partial charge in [0.2, 0.25) is 5.91 Å². The number of aromatic nitrogens is 1. The molecule has 0 spiro atoms. The van der Waals surface area contributed by atoms with Gasteiger partial charge in [-0.3, -0.25) is 14.9 Å². The van der Waals surface area contributed by atoms with Crippen molar-refractivity contribution in [1.82, 2.24) is 4.98 Å². The lowest BCUT2D eigenvalue weighted by molar-refractivity contribution is -0.384. The van der Waals surface area contributed by atoms with Crippen LogP contribution in [0.25, 0.3) is 10.2 Å². The van der Waals surface area contributed by atoms with Crippen molar-refractivity contribution in [1.29, 1.82) is 0 Å². The molecule has 0 fully saturated rings. The molecule has 0 aliphatic rings. The van der Waals surface area contributed by atoms with E-state index in [9.17, 15) is 14.9 Å². The molecule has 1 aromatic heterocycles. The number of amides is 1. The molecule has 0 bridgehead atoms. The van der Waals surface area contributed by atoms with E-state index >= 15 is 0 Å². The van der Waals surface area contributed by atoms with Crippen LogP contribution in [0, 0.1) is 24.0 Å². The molecule has 1 N–H and O–H groups in total. The minimum absolute atomic E-state index is 0.109. The Morgan fingerprint density at radius 3 is 2.85 bits per heavy atom. The summed E-state index contributed by atoms with van der Waals surface area (Å²) >= 11 is 8.71. The third-order valence-corrected chi connectivity index (χ3v) is 6.25. The van der Waals surface area contributed by atoms with Crippen molar-refractivity contribution in [2.24, 2.45) is 0 Å². The van der Waals surface area contributed by atoms with Gasteiger partial charge in [0, 0.05) is 11.1 Å². The molecular weight excluding hydrogens is 394 g/mol. The Hall–Kier alpha value is -2.16. The highest BCUT2D eigenvalue weighted by molar-refractivity contribution is 8.01. The van der Waals surface area contributed by atoms with E-state index in [-0.39, 0.29) is 23.0 Å². The average Bonchev–Trinajstić information content (AvgIpc) is 2.99. The highest BCUT2D eigenvalue weighted by atomic mass is 35.5. The molecular formula is C17H14ClN3O3S2. The Morgan fingerprint density at radius 2 is 2.12 bits per heavy atom. The third-order valence-electron chi connectivity index (χ3n) is 3.83. The number of carbonyl (C=O) groups is 1. The fraction of sp³-hybridized carbons (Fsp3) is 0.176. The Labute approximate surface area is 162 Å². The van der Waals surface area contributed by atoms with Crippen LogP contribution in [0.1, 0.15) is 11.1 Å². The fourth-order valence-corrected chi connectivity index (χ4v) is 4.37. The van der Waals surface area contributed by atoms with Crippen molar-refractivity contribution in [3.05, 3.63) is 56.6 Å². The van der Waals surface area contributed by atoms with Gasteiger partial charge in [0.1, 0.15) is 5.69 Å². The number of anilines is 1. The summed E-state index contributed by atoms with van der Waals surface area (Å²) in [6.07, 6.45) is 0. The van der Waals surface area contributed by atoms with Gasteiger partial charge in [-0.15, -0.1) is 11.3 Å². The Kier molecular flexibility index (Phi) is 5.45. The van der Waals surface area contributed by atoms with E-state index < -0.39 is 4.92 Å². The second-order valence-corrected chi connectivity index (χ2v) is 8.28. The van der Waals surface area contributed by atoms with E-state index in [1.165, 1.54) is 29.2 Å². The molecule has 0 atom stereocenters. The van der Waals surface area contributed by atoms with E-state index in [0.717, 1.165) is 20.1 Å². The maximum absolute atomic E-state index is 12.3. The number of nitrogens with one attached hydrogen (secondary N) is 1. The number of aryl methyl sites for hydroxylation is 1. The lowest BCUT2D eigenvalue weighted by Gasteiger charge is -2.10. The first-order valence-electron chi connectivity index (χ1n) is 7.58. The number of rotatable bonds is 5. The van der Waals surface area contributed by atoms with Crippen LogP contribution in [0.5, 0.6) is 0 Å². The number of nitrogens with zero attached hydrogens (tertiary/aromatic N) is 2. The van der Waals surface area contributed by atoms with E-state index in [1.54, 1.807) is 25.1 Å². The Morgan fingerprint density at radius 1 is 1.35 bits per heavy atom. The van der Waals surface area contributed by atoms with Crippen molar-refractivity contribution < 1.29 is 9.72 Å². The number of thiazole rings is 1. The van der Waals surface area contributed by atoms with Crippen LogP contribution < -0.4 is 5.32 Å². The van der Waals surface area contributed by atoms with E-state index in [4.69, 9.17) is 11.6 Å². The summed E-state index contributed by atoms with van der Waals surface area (Å²) < 4.78 is 1.73. The lowest BCUT2D eigenvalue weighted by Crippen LogP contribution is -2.16. The molecule has 0 saturated heterocycles. The van der Waals surface area contributed by atoms with Gasteiger partial charge in [-0.2, -0.15) is 0 Å². The zero-order valence-electron chi connectivity index (χ0n) is 13.9. The topological polar surface area (TPSA) is 85.1 Å². The largest absolute Gasteiger partial charge is 0.319 e. The van der Waals surface area contributed by atoms with Gasteiger partial charge in [-0.25, -0.2) is 4.98 Å². The van der Waals surface area contributed by atoms with Crippen LogP contribution in [0.15, 0.2) is 34.7 Å². The standard InChI is InChI=1S/C17H14ClN3O3S2/c1-9-3-5-13(21(23)24)16(10(9)2)20-15(22)8-25-17-19-12-7-11(18)4-6-14(12)26-17/h3-7H,8H2,1-2H3,(H,20,22). The number of halogens is 1. The first-order valence-corrected chi connectivity index (χ1v) is 9.76. The van der Waals surface area contributed by atoms with Gasteiger partial charge in [0.05, 0.1) is 20.9 Å². The average molecular weight is 408 g/mol. The van der Waals surface area contributed by atoms with E-state index in [1.807, 2.05) is 13.0 Å². The molecule has 0 aliphatic heterocycles. The van der Waals surface area contributed by atoms with Crippen LogP contribution in [-0.4, -0.2) is 21.6 Å². The number of carbonyl (C=O) groups excluding carboxylic acids is 1. The Balaban J connectivity index is 1.73. The summed E-state index contributed by atoms with van der Waals surface area (Å²) in [5.74, 6) is -0.206. The number of fused-ring (bicyclic) bond motifs is 1. The summed E-state index contributed by atoms with van der Waals surface area (Å²) in [6, 6.07) is 8.53. The predicted molar refractivity (Wildman–Crippen MR) is 107 cm³/mol. The maximum atomic E-state index is 12.3. The van der Waals surface area contributed by atoms with Gasteiger partial charge in [0.25, 0.3) is 5.69 Å². The second kappa shape index (κ2) is 7.61. The molecule has 3 rings (SSSR count). The number of nitro benzene ring substituents is 1. The van der Waals surface area contributed by atoms with Crippen LogP contribution in [0.2, 0.25) is 5.02 Å². The lowest BCUT2D eigenvalue weighted by atomic mass is 10.1. The molecule has 2 aromatic carbocycles. The third kappa shape index (κ3) is 3.98. The molecule has 26 heavy (non-hydrogen) atoms. The molecule has 0 radical (unpaired) electrons. The van der Waals surface area contributed by atoms with E-state index in [0.29, 0.717) is 10.6 Å². The summed E-state index contributed by atoms with van der Waals surface area (Å²) in [5.41, 5.74) is 2.49. The number of hydrogen-bond donors (Lipinski definition) is 1. The highest BCUT2D eigenvalue weighted by Gasteiger charge is 2.19.